The minimum atomic E-state index is 0.552. The Hall–Kier alpha value is -2.40. The van der Waals surface area contributed by atoms with E-state index in [1.165, 1.54) is 5.56 Å². The molecule has 0 aliphatic carbocycles. The van der Waals surface area contributed by atoms with E-state index in [4.69, 9.17) is 0 Å². The molecule has 1 aromatic heterocycles. The smallest absolute Gasteiger partial charge is 0.229 e. The Labute approximate surface area is 137 Å². The summed E-state index contributed by atoms with van der Waals surface area (Å²) >= 11 is 3.45. The van der Waals surface area contributed by atoms with Crippen LogP contribution in [-0.2, 0) is 0 Å². The number of hydrogen-bond acceptors (Lipinski definition) is 4. The van der Waals surface area contributed by atoms with Gasteiger partial charge in [-0.1, -0.05) is 34.1 Å². The Balaban J connectivity index is 1.78. The van der Waals surface area contributed by atoms with Gasteiger partial charge in [0.1, 0.15) is 5.82 Å². The van der Waals surface area contributed by atoms with Crippen LogP contribution in [0.15, 0.2) is 65.3 Å². The first-order chi connectivity index (χ1) is 10.7. The van der Waals surface area contributed by atoms with Crippen LogP contribution in [0.1, 0.15) is 5.56 Å². The summed E-state index contributed by atoms with van der Waals surface area (Å²) in [7, 11) is 0. The topological polar surface area (TPSA) is 49.8 Å². The summed E-state index contributed by atoms with van der Waals surface area (Å²) < 4.78 is 1.01. The molecule has 0 unspecified atom stereocenters. The Morgan fingerprint density at radius 2 is 1.68 bits per heavy atom. The molecule has 0 bridgehead atoms. The summed E-state index contributed by atoms with van der Waals surface area (Å²) in [4.78, 5) is 8.72. The van der Waals surface area contributed by atoms with E-state index in [0.717, 1.165) is 21.7 Å². The van der Waals surface area contributed by atoms with Crippen molar-refractivity contribution in [3.05, 3.63) is 70.8 Å². The molecule has 0 saturated carbocycles. The van der Waals surface area contributed by atoms with E-state index < -0.39 is 0 Å². The molecule has 3 aromatic rings. The number of benzene rings is 2. The van der Waals surface area contributed by atoms with Crippen molar-refractivity contribution in [2.45, 2.75) is 6.92 Å². The molecule has 0 aliphatic rings. The van der Waals surface area contributed by atoms with Gasteiger partial charge in [-0.3, -0.25) is 0 Å². The van der Waals surface area contributed by atoms with Crippen LogP contribution in [0.25, 0.3) is 0 Å². The maximum absolute atomic E-state index is 4.47. The van der Waals surface area contributed by atoms with Gasteiger partial charge in [-0.25, -0.2) is 4.98 Å². The first-order valence-electron chi connectivity index (χ1n) is 6.88. The van der Waals surface area contributed by atoms with E-state index in [-0.39, 0.29) is 0 Å². The van der Waals surface area contributed by atoms with E-state index in [2.05, 4.69) is 55.6 Å². The van der Waals surface area contributed by atoms with E-state index in [9.17, 15) is 0 Å². The molecule has 0 spiro atoms. The molecule has 2 N–H and O–H groups in total. The molecule has 0 radical (unpaired) electrons. The lowest BCUT2D eigenvalue weighted by molar-refractivity contribution is 1.16. The summed E-state index contributed by atoms with van der Waals surface area (Å²) in [5, 5.41) is 6.47. The van der Waals surface area contributed by atoms with Crippen LogP contribution in [0.5, 0.6) is 0 Å². The molecule has 0 atom stereocenters. The second-order valence-corrected chi connectivity index (χ2v) is 5.81. The first kappa shape index (κ1) is 14.5. The highest BCUT2D eigenvalue weighted by molar-refractivity contribution is 9.10. The third kappa shape index (κ3) is 3.83. The maximum Gasteiger partial charge on any atom is 0.229 e. The fourth-order valence-corrected chi connectivity index (χ4v) is 2.45. The zero-order chi connectivity index (χ0) is 15.4. The van der Waals surface area contributed by atoms with Crippen molar-refractivity contribution in [2.75, 3.05) is 10.6 Å². The number of aryl methyl sites for hydroxylation is 1. The van der Waals surface area contributed by atoms with E-state index in [1.54, 1.807) is 6.20 Å². The van der Waals surface area contributed by atoms with Gasteiger partial charge in [0.2, 0.25) is 5.95 Å². The van der Waals surface area contributed by atoms with Gasteiger partial charge in [-0.2, -0.15) is 4.98 Å². The molecular formula is C17H15BrN4. The molecule has 0 saturated heterocycles. The molecule has 1 heterocycles. The van der Waals surface area contributed by atoms with Crippen LogP contribution in [0.3, 0.4) is 0 Å². The number of rotatable bonds is 4. The van der Waals surface area contributed by atoms with Crippen LogP contribution >= 0.6 is 15.9 Å². The van der Waals surface area contributed by atoms with Gasteiger partial charge in [0, 0.05) is 22.0 Å². The highest BCUT2D eigenvalue weighted by Gasteiger charge is 2.01. The fraction of sp³-hybridized carbons (Fsp3) is 0.0588. The summed E-state index contributed by atoms with van der Waals surface area (Å²) in [5.41, 5.74) is 3.14. The van der Waals surface area contributed by atoms with Gasteiger partial charge in [0.25, 0.3) is 0 Å². The summed E-state index contributed by atoms with van der Waals surface area (Å²) in [6.07, 6.45) is 1.73. The first-order valence-corrected chi connectivity index (χ1v) is 7.68. The summed E-state index contributed by atoms with van der Waals surface area (Å²) in [5.74, 6) is 1.30. The molecule has 110 valence electrons. The van der Waals surface area contributed by atoms with Gasteiger partial charge >= 0.3 is 0 Å². The normalized spacial score (nSPS) is 10.3. The highest BCUT2D eigenvalue weighted by Crippen LogP contribution is 2.20. The van der Waals surface area contributed by atoms with Crippen LogP contribution in [0, 0.1) is 6.92 Å². The van der Waals surface area contributed by atoms with Gasteiger partial charge < -0.3 is 10.6 Å². The van der Waals surface area contributed by atoms with E-state index in [1.807, 2.05) is 42.5 Å². The largest absolute Gasteiger partial charge is 0.340 e. The highest BCUT2D eigenvalue weighted by atomic mass is 79.9. The molecule has 4 nitrogen and oxygen atoms in total. The number of nitrogens with one attached hydrogen (secondary N) is 2. The zero-order valence-electron chi connectivity index (χ0n) is 12.0. The summed E-state index contributed by atoms with van der Waals surface area (Å²) in [6, 6.07) is 17.9. The van der Waals surface area contributed by atoms with Crippen molar-refractivity contribution in [3.63, 3.8) is 0 Å². The fourth-order valence-electron chi connectivity index (χ4n) is 2.05. The minimum Gasteiger partial charge on any atom is -0.340 e. The van der Waals surface area contributed by atoms with Crippen molar-refractivity contribution >= 4 is 39.1 Å². The second-order valence-electron chi connectivity index (χ2n) is 4.90. The third-order valence-electron chi connectivity index (χ3n) is 3.03. The van der Waals surface area contributed by atoms with Gasteiger partial charge in [-0.05, 0) is 48.9 Å². The zero-order valence-corrected chi connectivity index (χ0v) is 13.6. The molecule has 0 fully saturated rings. The molecule has 2 aromatic carbocycles. The van der Waals surface area contributed by atoms with Crippen LogP contribution < -0.4 is 10.6 Å². The van der Waals surface area contributed by atoms with Gasteiger partial charge in [-0.15, -0.1) is 0 Å². The predicted octanol–water partition coefficient (Wildman–Crippen LogP) is 5.03. The van der Waals surface area contributed by atoms with Crippen molar-refractivity contribution in [2.24, 2.45) is 0 Å². The lowest BCUT2D eigenvalue weighted by Crippen LogP contribution is -2.00. The maximum atomic E-state index is 4.47. The second kappa shape index (κ2) is 6.58. The lowest BCUT2D eigenvalue weighted by atomic mass is 10.2. The van der Waals surface area contributed by atoms with E-state index in [0.29, 0.717) is 5.95 Å². The average Bonchev–Trinajstić information content (AvgIpc) is 2.47. The SMILES string of the molecule is Cc1cccc(Nc2ccnc(Nc3cccc(Br)c3)n2)c1. The Morgan fingerprint density at radius 1 is 0.909 bits per heavy atom. The molecule has 22 heavy (non-hydrogen) atoms. The Bertz CT molecular complexity index is 726. The molecule has 5 heteroatoms. The number of anilines is 4. The van der Waals surface area contributed by atoms with Gasteiger partial charge in [0.05, 0.1) is 0 Å². The summed E-state index contributed by atoms with van der Waals surface area (Å²) in [6.45, 7) is 2.06. The number of halogens is 1. The monoisotopic (exact) mass is 354 g/mol. The van der Waals surface area contributed by atoms with Crippen molar-refractivity contribution in [3.8, 4) is 0 Å². The molecular weight excluding hydrogens is 340 g/mol. The number of aromatic nitrogens is 2. The van der Waals surface area contributed by atoms with Crippen LogP contribution in [0.2, 0.25) is 0 Å². The van der Waals surface area contributed by atoms with Crippen molar-refractivity contribution in [1.29, 1.82) is 0 Å². The quantitative estimate of drug-likeness (QED) is 0.689. The number of hydrogen-bond donors (Lipinski definition) is 2. The lowest BCUT2D eigenvalue weighted by Gasteiger charge is -2.09. The third-order valence-corrected chi connectivity index (χ3v) is 3.52. The average molecular weight is 355 g/mol. The molecule has 0 aliphatic heterocycles. The molecule has 0 amide bonds. The van der Waals surface area contributed by atoms with Crippen molar-refractivity contribution < 1.29 is 0 Å². The van der Waals surface area contributed by atoms with Gasteiger partial charge in [0.15, 0.2) is 0 Å². The van der Waals surface area contributed by atoms with Crippen LogP contribution in [-0.4, -0.2) is 9.97 Å². The van der Waals surface area contributed by atoms with Crippen molar-refractivity contribution in [1.82, 2.24) is 9.97 Å². The minimum absolute atomic E-state index is 0.552. The number of nitrogens with zero attached hydrogens (tertiary/aromatic N) is 2. The Kier molecular flexibility index (Phi) is 4.34. The van der Waals surface area contributed by atoms with Crippen LogP contribution in [0.4, 0.5) is 23.1 Å². The van der Waals surface area contributed by atoms with E-state index >= 15 is 0 Å². The Morgan fingerprint density at radius 3 is 2.45 bits per heavy atom. The predicted molar refractivity (Wildman–Crippen MR) is 93.9 cm³/mol. The molecule has 3 rings (SSSR count). The standard InChI is InChI=1S/C17H15BrN4/c1-12-4-2-6-14(10-12)20-16-8-9-19-17(22-16)21-15-7-3-5-13(18)11-15/h2-11H,1H3,(H2,19,20,21,22).